The number of nitrogens with zero attached hydrogens (tertiary/aromatic N) is 2. The van der Waals surface area contributed by atoms with E-state index in [1.165, 1.54) is 10.3 Å². The van der Waals surface area contributed by atoms with Gasteiger partial charge in [0.2, 0.25) is 10.0 Å². The smallest absolute Gasteiger partial charge is 0.239 e. The first-order valence-corrected chi connectivity index (χ1v) is 12.0. The van der Waals surface area contributed by atoms with Crippen LogP contribution in [0.5, 0.6) is 0 Å². The number of hydrogen-bond donors (Lipinski definition) is 0. The molecular formula is C22H22N2O2S2. The number of aryl methyl sites for hydroxylation is 1. The van der Waals surface area contributed by atoms with Crippen LogP contribution in [0.3, 0.4) is 0 Å². The second-order valence-electron chi connectivity index (χ2n) is 7.51. The number of fused-ring (bicyclic) bond motifs is 2. The molecule has 5 rings (SSSR count). The Morgan fingerprint density at radius 2 is 1.71 bits per heavy atom. The van der Waals surface area contributed by atoms with Crippen LogP contribution in [0.2, 0.25) is 0 Å². The SMILES string of the molecule is O=S(=O)(C1=Cc2ccccc2CC1)N1CCC(c2nc3ccccc3s2)CC1. The van der Waals surface area contributed by atoms with Crippen LogP contribution in [0, 0.1) is 0 Å². The van der Waals surface area contributed by atoms with Gasteiger partial charge in [0.15, 0.2) is 0 Å². The predicted octanol–water partition coefficient (Wildman–Crippen LogP) is 4.79. The van der Waals surface area contributed by atoms with Crippen LogP contribution in [-0.4, -0.2) is 30.8 Å². The average molecular weight is 411 g/mol. The Kier molecular flexibility index (Phi) is 4.57. The van der Waals surface area contributed by atoms with E-state index >= 15 is 0 Å². The van der Waals surface area contributed by atoms with E-state index in [1.54, 1.807) is 15.6 Å². The van der Waals surface area contributed by atoms with Crippen molar-refractivity contribution in [3.63, 3.8) is 0 Å². The summed E-state index contributed by atoms with van der Waals surface area (Å²) >= 11 is 1.74. The number of allylic oxidation sites excluding steroid dienone is 1. The summed E-state index contributed by atoms with van der Waals surface area (Å²) in [5.74, 6) is 0.352. The molecule has 0 amide bonds. The Morgan fingerprint density at radius 3 is 2.54 bits per heavy atom. The monoisotopic (exact) mass is 410 g/mol. The fourth-order valence-electron chi connectivity index (χ4n) is 4.18. The molecule has 0 radical (unpaired) electrons. The van der Waals surface area contributed by atoms with E-state index in [9.17, 15) is 8.42 Å². The van der Waals surface area contributed by atoms with E-state index in [0.29, 0.717) is 30.3 Å². The van der Waals surface area contributed by atoms with E-state index < -0.39 is 10.0 Å². The number of thiazole rings is 1. The van der Waals surface area contributed by atoms with Gasteiger partial charge in [0.25, 0.3) is 0 Å². The molecule has 0 atom stereocenters. The number of aromatic nitrogens is 1. The Bertz CT molecular complexity index is 1120. The van der Waals surface area contributed by atoms with Crippen LogP contribution in [0.1, 0.15) is 41.3 Å². The van der Waals surface area contributed by atoms with E-state index in [2.05, 4.69) is 12.1 Å². The third kappa shape index (κ3) is 3.19. The zero-order chi connectivity index (χ0) is 19.1. The summed E-state index contributed by atoms with van der Waals surface area (Å²) in [6.07, 6.45) is 4.93. The van der Waals surface area contributed by atoms with Crippen molar-refractivity contribution in [1.82, 2.24) is 9.29 Å². The third-order valence-electron chi connectivity index (χ3n) is 5.80. The first-order valence-electron chi connectivity index (χ1n) is 9.75. The minimum atomic E-state index is -3.38. The number of sulfonamides is 1. The molecule has 1 aromatic heterocycles. The molecule has 1 aliphatic heterocycles. The first kappa shape index (κ1) is 18.0. The predicted molar refractivity (Wildman–Crippen MR) is 115 cm³/mol. The minimum absolute atomic E-state index is 0.352. The van der Waals surface area contributed by atoms with Gasteiger partial charge in [-0.15, -0.1) is 11.3 Å². The Hall–Kier alpha value is -2.02. The number of benzene rings is 2. The normalized spacial score (nSPS) is 18.8. The van der Waals surface area contributed by atoms with Gasteiger partial charge in [-0.3, -0.25) is 0 Å². The Balaban J connectivity index is 1.33. The highest BCUT2D eigenvalue weighted by Gasteiger charge is 2.33. The van der Waals surface area contributed by atoms with Crippen molar-refractivity contribution in [2.75, 3.05) is 13.1 Å². The van der Waals surface area contributed by atoms with E-state index in [0.717, 1.165) is 35.4 Å². The number of piperidine rings is 1. The van der Waals surface area contributed by atoms with Crippen molar-refractivity contribution in [3.8, 4) is 0 Å². The summed E-state index contributed by atoms with van der Waals surface area (Å²) in [7, 11) is -3.38. The molecule has 0 N–H and O–H groups in total. The molecule has 0 saturated carbocycles. The van der Waals surface area contributed by atoms with Crippen molar-refractivity contribution in [2.45, 2.75) is 31.6 Å². The molecule has 3 aromatic rings. The molecule has 0 spiro atoms. The van der Waals surface area contributed by atoms with Gasteiger partial charge >= 0.3 is 0 Å². The van der Waals surface area contributed by atoms with Crippen molar-refractivity contribution in [1.29, 1.82) is 0 Å². The van der Waals surface area contributed by atoms with Crippen LogP contribution >= 0.6 is 11.3 Å². The molecule has 4 nitrogen and oxygen atoms in total. The molecule has 28 heavy (non-hydrogen) atoms. The summed E-state index contributed by atoms with van der Waals surface area (Å²) in [5.41, 5.74) is 3.32. The van der Waals surface area contributed by atoms with Crippen molar-refractivity contribution < 1.29 is 8.42 Å². The lowest BCUT2D eigenvalue weighted by atomic mass is 9.98. The van der Waals surface area contributed by atoms with Crippen molar-refractivity contribution in [2.24, 2.45) is 0 Å². The van der Waals surface area contributed by atoms with Gasteiger partial charge in [0, 0.05) is 19.0 Å². The molecule has 6 heteroatoms. The average Bonchev–Trinajstić information content (AvgIpc) is 3.18. The number of hydrogen-bond acceptors (Lipinski definition) is 4. The molecule has 1 fully saturated rings. The van der Waals surface area contributed by atoms with Gasteiger partial charge < -0.3 is 0 Å². The van der Waals surface area contributed by atoms with E-state index in [4.69, 9.17) is 4.98 Å². The second kappa shape index (κ2) is 7.10. The minimum Gasteiger partial charge on any atom is -0.241 e. The lowest BCUT2D eigenvalue weighted by Crippen LogP contribution is -2.38. The van der Waals surface area contributed by atoms with Crippen LogP contribution in [-0.2, 0) is 16.4 Å². The second-order valence-corrected chi connectivity index (χ2v) is 10.6. The largest absolute Gasteiger partial charge is 0.241 e. The van der Waals surface area contributed by atoms with Crippen LogP contribution in [0.15, 0.2) is 53.4 Å². The molecule has 144 valence electrons. The lowest BCUT2D eigenvalue weighted by Gasteiger charge is -2.31. The van der Waals surface area contributed by atoms with Crippen molar-refractivity contribution in [3.05, 3.63) is 69.6 Å². The Morgan fingerprint density at radius 1 is 0.964 bits per heavy atom. The maximum absolute atomic E-state index is 13.2. The van der Waals surface area contributed by atoms with Gasteiger partial charge in [-0.1, -0.05) is 36.4 Å². The summed E-state index contributed by atoms with van der Waals surface area (Å²) in [6.45, 7) is 1.14. The molecule has 1 saturated heterocycles. The zero-order valence-corrected chi connectivity index (χ0v) is 17.2. The van der Waals surface area contributed by atoms with Crippen molar-refractivity contribution >= 4 is 37.7 Å². The first-order chi connectivity index (χ1) is 13.6. The molecule has 1 aliphatic carbocycles. The molecule has 0 bridgehead atoms. The van der Waals surface area contributed by atoms with Crippen LogP contribution in [0.4, 0.5) is 0 Å². The number of para-hydroxylation sites is 1. The highest BCUT2D eigenvalue weighted by molar-refractivity contribution is 7.93. The molecule has 0 unspecified atom stereocenters. The maximum Gasteiger partial charge on any atom is 0.239 e. The highest BCUT2D eigenvalue weighted by atomic mass is 32.2. The fourth-order valence-corrected chi connectivity index (χ4v) is 6.98. The molecule has 2 aliphatic rings. The molecule has 2 heterocycles. The third-order valence-corrected chi connectivity index (χ3v) is 9.03. The standard InChI is InChI=1S/C22H22N2O2S2/c25-28(26,19-10-9-16-5-1-2-6-18(16)15-19)24-13-11-17(12-14-24)22-23-20-7-3-4-8-21(20)27-22/h1-8,15,17H,9-14H2. The van der Waals surface area contributed by atoms with Gasteiger partial charge in [0.1, 0.15) is 0 Å². The summed E-state index contributed by atoms with van der Waals surface area (Å²) < 4.78 is 29.2. The highest BCUT2D eigenvalue weighted by Crippen LogP contribution is 2.36. The van der Waals surface area contributed by atoms with E-state index in [1.807, 2.05) is 42.5 Å². The maximum atomic E-state index is 13.2. The summed E-state index contributed by atoms with van der Waals surface area (Å²) in [6, 6.07) is 16.3. The quantitative estimate of drug-likeness (QED) is 0.624. The molecular weight excluding hydrogens is 388 g/mol. The molecule has 2 aromatic carbocycles. The van der Waals surface area contributed by atoms with Gasteiger partial charge in [-0.25, -0.2) is 13.4 Å². The van der Waals surface area contributed by atoms with Gasteiger partial charge in [0.05, 0.1) is 20.1 Å². The topological polar surface area (TPSA) is 50.3 Å². The van der Waals surface area contributed by atoms with Gasteiger partial charge in [-0.2, -0.15) is 4.31 Å². The summed E-state index contributed by atoms with van der Waals surface area (Å²) in [4.78, 5) is 5.34. The van der Waals surface area contributed by atoms with E-state index in [-0.39, 0.29) is 0 Å². The lowest BCUT2D eigenvalue weighted by molar-refractivity contribution is 0.321. The van der Waals surface area contributed by atoms with Gasteiger partial charge in [-0.05, 0) is 55.0 Å². The van der Waals surface area contributed by atoms with Crippen LogP contribution < -0.4 is 0 Å². The fraction of sp³-hybridized carbons (Fsp3) is 0.318. The Labute approximate surface area is 169 Å². The summed E-state index contributed by atoms with van der Waals surface area (Å²) in [5, 5.41) is 1.14. The zero-order valence-electron chi connectivity index (χ0n) is 15.5. The van der Waals surface area contributed by atoms with Crippen LogP contribution in [0.25, 0.3) is 16.3 Å². The number of rotatable bonds is 3.